The van der Waals surface area contributed by atoms with Gasteiger partial charge in [-0.15, -0.1) is 0 Å². The summed E-state index contributed by atoms with van der Waals surface area (Å²) in [5.41, 5.74) is 9.33. The Balaban J connectivity index is 2.52. The third-order valence-corrected chi connectivity index (χ3v) is 4.32. The first kappa shape index (κ1) is 11.5. The van der Waals surface area contributed by atoms with Crippen molar-refractivity contribution in [1.29, 1.82) is 0 Å². The van der Waals surface area contributed by atoms with Gasteiger partial charge in [0.05, 0.1) is 0 Å². The van der Waals surface area contributed by atoms with Crippen LogP contribution in [0.15, 0.2) is 12.1 Å². The number of phenolic OH excluding ortho intramolecular Hbond substituents is 1. The van der Waals surface area contributed by atoms with Gasteiger partial charge < -0.3 is 10.8 Å². The van der Waals surface area contributed by atoms with E-state index in [1.54, 1.807) is 0 Å². The number of nitrogens with two attached hydrogens (primary N) is 1. The molecule has 16 heavy (non-hydrogen) atoms. The second-order valence-electron chi connectivity index (χ2n) is 5.73. The molecule has 0 spiro atoms. The summed E-state index contributed by atoms with van der Waals surface area (Å²) in [5, 5.41) is 10.1. The summed E-state index contributed by atoms with van der Waals surface area (Å²) in [4.78, 5) is 0. The first-order valence-corrected chi connectivity index (χ1v) is 5.87. The van der Waals surface area contributed by atoms with Crippen LogP contribution >= 0.6 is 0 Å². The van der Waals surface area contributed by atoms with Crippen molar-refractivity contribution in [3.05, 3.63) is 28.8 Å². The Kier molecular flexibility index (Phi) is 2.32. The largest absolute Gasteiger partial charge is 0.508 e. The third kappa shape index (κ3) is 1.52. The topological polar surface area (TPSA) is 46.2 Å². The molecule has 1 aromatic rings. The number of aryl methyl sites for hydroxylation is 2. The van der Waals surface area contributed by atoms with Crippen molar-refractivity contribution in [1.82, 2.24) is 0 Å². The Hall–Kier alpha value is -1.02. The monoisotopic (exact) mass is 219 g/mol. The lowest BCUT2D eigenvalue weighted by atomic mass is 9.75. The molecule has 0 radical (unpaired) electrons. The minimum absolute atomic E-state index is 0.133. The molecule has 0 saturated heterocycles. The molecule has 3 N–H and O–H groups in total. The standard InChI is InChI=1S/C14H21NO/c1-9-7-11(12(16)8-10(9)2)13(3,4)14(15)5-6-14/h7-8,16H,5-6,15H2,1-4H3. The van der Waals surface area contributed by atoms with Crippen LogP contribution in [-0.4, -0.2) is 10.6 Å². The smallest absolute Gasteiger partial charge is 0.119 e. The van der Waals surface area contributed by atoms with Gasteiger partial charge in [-0.3, -0.25) is 0 Å². The molecule has 0 amide bonds. The van der Waals surface area contributed by atoms with Gasteiger partial charge in [-0.1, -0.05) is 19.9 Å². The highest BCUT2D eigenvalue weighted by Gasteiger charge is 2.52. The minimum atomic E-state index is -0.157. The summed E-state index contributed by atoms with van der Waals surface area (Å²) >= 11 is 0. The van der Waals surface area contributed by atoms with E-state index >= 15 is 0 Å². The lowest BCUT2D eigenvalue weighted by Gasteiger charge is -2.33. The van der Waals surface area contributed by atoms with E-state index in [2.05, 4.69) is 26.8 Å². The molecule has 0 aliphatic heterocycles. The maximum absolute atomic E-state index is 10.1. The molecule has 1 saturated carbocycles. The van der Waals surface area contributed by atoms with Crippen LogP contribution in [-0.2, 0) is 5.41 Å². The summed E-state index contributed by atoms with van der Waals surface area (Å²) in [6.07, 6.45) is 2.10. The van der Waals surface area contributed by atoms with Crippen LogP contribution in [0.1, 0.15) is 43.4 Å². The molecule has 1 aromatic carbocycles. The van der Waals surface area contributed by atoms with E-state index < -0.39 is 0 Å². The van der Waals surface area contributed by atoms with Crippen molar-refractivity contribution in [3.63, 3.8) is 0 Å². The first-order chi connectivity index (χ1) is 7.28. The maximum atomic E-state index is 10.1. The normalized spacial score (nSPS) is 18.6. The minimum Gasteiger partial charge on any atom is -0.508 e. The van der Waals surface area contributed by atoms with Crippen LogP contribution in [0.2, 0.25) is 0 Å². The summed E-state index contributed by atoms with van der Waals surface area (Å²) < 4.78 is 0. The fourth-order valence-corrected chi connectivity index (χ4v) is 2.33. The van der Waals surface area contributed by atoms with Gasteiger partial charge in [-0.2, -0.15) is 0 Å². The molecule has 2 rings (SSSR count). The van der Waals surface area contributed by atoms with Crippen LogP contribution in [0.5, 0.6) is 5.75 Å². The first-order valence-electron chi connectivity index (χ1n) is 5.87. The van der Waals surface area contributed by atoms with E-state index in [4.69, 9.17) is 5.73 Å². The fraction of sp³-hybridized carbons (Fsp3) is 0.571. The summed E-state index contributed by atoms with van der Waals surface area (Å²) in [5.74, 6) is 0.379. The lowest BCUT2D eigenvalue weighted by Crippen LogP contribution is -2.43. The van der Waals surface area contributed by atoms with E-state index in [0.29, 0.717) is 5.75 Å². The molecule has 1 aliphatic carbocycles. The van der Waals surface area contributed by atoms with Crippen molar-refractivity contribution in [2.24, 2.45) is 5.73 Å². The van der Waals surface area contributed by atoms with Crippen LogP contribution < -0.4 is 5.73 Å². The Labute approximate surface area is 97.5 Å². The number of aromatic hydroxyl groups is 1. The van der Waals surface area contributed by atoms with Crippen molar-refractivity contribution in [2.75, 3.05) is 0 Å². The average molecular weight is 219 g/mol. The number of phenols is 1. The maximum Gasteiger partial charge on any atom is 0.119 e. The predicted molar refractivity (Wildman–Crippen MR) is 66.8 cm³/mol. The van der Waals surface area contributed by atoms with Gasteiger partial charge in [0.1, 0.15) is 5.75 Å². The molecular formula is C14H21NO. The van der Waals surface area contributed by atoms with Crippen LogP contribution in [0.3, 0.4) is 0 Å². The Morgan fingerprint density at radius 3 is 2.19 bits per heavy atom. The zero-order valence-electron chi connectivity index (χ0n) is 10.6. The second kappa shape index (κ2) is 3.24. The average Bonchev–Trinajstić information content (AvgIpc) is 2.91. The van der Waals surface area contributed by atoms with E-state index in [9.17, 15) is 5.11 Å². The van der Waals surface area contributed by atoms with Gasteiger partial charge >= 0.3 is 0 Å². The SMILES string of the molecule is Cc1cc(O)c(C(C)(C)C2(N)CC2)cc1C. The lowest BCUT2D eigenvalue weighted by molar-refractivity contribution is 0.366. The van der Waals surface area contributed by atoms with Gasteiger partial charge in [-0.25, -0.2) is 0 Å². The van der Waals surface area contributed by atoms with Gasteiger partial charge in [0.2, 0.25) is 0 Å². The highest BCUT2D eigenvalue weighted by atomic mass is 16.3. The molecule has 0 bridgehead atoms. The van der Waals surface area contributed by atoms with Crippen molar-refractivity contribution in [3.8, 4) is 5.75 Å². The molecule has 88 valence electrons. The molecule has 0 aromatic heterocycles. The Bertz CT molecular complexity index is 431. The fourth-order valence-electron chi connectivity index (χ4n) is 2.33. The number of hydrogen-bond donors (Lipinski definition) is 2. The molecule has 0 heterocycles. The van der Waals surface area contributed by atoms with Crippen LogP contribution in [0.25, 0.3) is 0 Å². The number of benzene rings is 1. The van der Waals surface area contributed by atoms with Gasteiger partial charge in [-0.05, 0) is 43.9 Å². The van der Waals surface area contributed by atoms with Crippen LogP contribution in [0, 0.1) is 13.8 Å². The molecule has 1 aliphatic rings. The van der Waals surface area contributed by atoms with Gasteiger partial charge in [0.15, 0.2) is 0 Å². The summed E-state index contributed by atoms with van der Waals surface area (Å²) in [7, 11) is 0. The van der Waals surface area contributed by atoms with E-state index in [1.807, 2.05) is 13.0 Å². The molecule has 2 nitrogen and oxygen atoms in total. The van der Waals surface area contributed by atoms with Gasteiger partial charge in [0, 0.05) is 16.5 Å². The predicted octanol–water partition coefficient (Wildman–Crippen LogP) is 2.78. The van der Waals surface area contributed by atoms with E-state index in [1.165, 1.54) is 5.56 Å². The zero-order valence-corrected chi connectivity index (χ0v) is 10.6. The van der Waals surface area contributed by atoms with Crippen molar-refractivity contribution >= 4 is 0 Å². The third-order valence-electron chi connectivity index (χ3n) is 4.32. The zero-order chi connectivity index (χ0) is 12.1. The van der Waals surface area contributed by atoms with Crippen LogP contribution in [0.4, 0.5) is 0 Å². The molecule has 2 heteroatoms. The Morgan fingerprint density at radius 1 is 1.19 bits per heavy atom. The molecule has 0 atom stereocenters. The second-order valence-corrected chi connectivity index (χ2v) is 5.73. The Morgan fingerprint density at radius 2 is 1.69 bits per heavy atom. The molecule has 0 unspecified atom stereocenters. The number of rotatable bonds is 2. The quantitative estimate of drug-likeness (QED) is 0.803. The highest BCUT2D eigenvalue weighted by Crippen LogP contribution is 2.51. The van der Waals surface area contributed by atoms with Gasteiger partial charge in [0.25, 0.3) is 0 Å². The van der Waals surface area contributed by atoms with Crippen molar-refractivity contribution in [2.45, 2.75) is 51.5 Å². The van der Waals surface area contributed by atoms with Crippen molar-refractivity contribution < 1.29 is 5.11 Å². The van der Waals surface area contributed by atoms with E-state index in [-0.39, 0.29) is 11.0 Å². The molecular weight excluding hydrogens is 198 g/mol. The highest BCUT2D eigenvalue weighted by molar-refractivity contribution is 5.47. The summed E-state index contributed by atoms with van der Waals surface area (Å²) in [6, 6.07) is 3.93. The molecule has 1 fully saturated rings. The number of hydrogen-bond acceptors (Lipinski definition) is 2. The summed E-state index contributed by atoms with van der Waals surface area (Å²) in [6.45, 7) is 8.35. The van der Waals surface area contributed by atoms with E-state index in [0.717, 1.165) is 24.0 Å².